The van der Waals surface area contributed by atoms with Gasteiger partial charge in [-0.25, -0.2) is 0 Å². The lowest BCUT2D eigenvalue weighted by Crippen LogP contribution is -2.22. The average Bonchev–Trinajstić information content (AvgIpc) is 1.93. The summed E-state index contributed by atoms with van der Waals surface area (Å²) in [5.74, 6) is 0. The Morgan fingerprint density at radius 3 is 2.23 bits per heavy atom. The highest BCUT2D eigenvalue weighted by Crippen LogP contribution is 2.05. The quantitative estimate of drug-likeness (QED) is 0.645. The van der Waals surface area contributed by atoms with Crippen molar-refractivity contribution in [3.63, 3.8) is 0 Å². The van der Waals surface area contributed by atoms with Crippen molar-refractivity contribution in [1.29, 1.82) is 0 Å². The number of nitrogens with two attached hydrogens (primary N) is 1. The maximum absolute atomic E-state index is 5.57. The van der Waals surface area contributed by atoms with E-state index in [2.05, 4.69) is 0 Å². The Kier molecular flexibility index (Phi) is 6.29. The van der Waals surface area contributed by atoms with Crippen molar-refractivity contribution in [1.82, 2.24) is 0 Å². The minimum absolute atomic E-state index is 0.0650. The number of rotatable bonds is 6. The van der Waals surface area contributed by atoms with Crippen molar-refractivity contribution in [3.8, 4) is 0 Å². The molecule has 0 aliphatic rings. The molecule has 0 saturated carbocycles. The van der Waals surface area contributed by atoms with E-state index < -0.39 is 0 Å². The van der Waals surface area contributed by atoms with Gasteiger partial charge in [-0.05, 0) is 34.1 Å². The molecule has 3 heteroatoms. The fourth-order valence-corrected chi connectivity index (χ4v) is 0.778. The van der Waals surface area contributed by atoms with Crippen molar-refractivity contribution in [2.75, 3.05) is 19.8 Å². The summed E-state index contributed by atoms with van der Waals surface area (Å²) in [5.41, 5.74) is 5.50. The van der Waals surface area contributed by atoms with Gasteiger partial charge in [0.15, 0.2) is 0 Å². The van der Waals surface area contributed by atoms with Crippen LogP contribution in [0.3, 0.4) is 0 Å². The Labute approximate surface area is 81.6 Å². The van der Waals surface area contributed by atoms with E-state index in [1.54, 1.807) is 0 Å². The molecule has 0 aromatic rings. The summed E-state index contributed by atoms with van der Waals surface area (Å²) in [6.45, 7) is 10.1. The van der Waals surface area contributed by atoms with Crippen LogP contribution in [0.1, 0.15) is 34.1 Å². The van der Waals surface area contributed by atoms with Crippen LogP contribution in [0.25, 0.3) is 0 Å². The van der Waals surface area contributed by atoms with Gasteiger partial charge in [0.25, 0.3) is 0 Å². The first-order chi connectivity index (χ1) is 5.92. The molecule has 0 aliphatic heterocycles. The predicted octanol–water partition coefficient (Wildman–Crippen LogP) is 1.56. The average molecular weight is 189 g/mol. The molecular weight excluding hydrogens is 166 g/mol. The molecule has 0 bridgehead atoms. The minimum Gasteiger partial charge on any atom is -0.379 e. The van der Waals surface area contributed by atoms with E-state index in [-0.39, 0.29) is 11.6 Å². The second-order valence-electron chi connectivity index (χ2n) is 4.34. The van der Waals surface area contributed by atoms with Gasteiger partial charge in [-0.15, -0.1) is 0 Å². The molecule has 0 radical (unpaired) electrons. The zero-order chi connectivity index (χ0) is 10.3. The third-order valence-electron chi connectivity index (χ3n) is 1.48. The molecule has 2 N–H and O–H groups in total. The maximum Gasteiger partial charge on any atom is 0.0707 e. The third kappa shape index (κ3) is 11.9. The monoisotopic (exact) mass is 189 g/mol. The lowest BCUT2D eigenvalue weighted by molar-refractivity contribution is -0.0353. The van der Waals surface area contributed by atoms with Crippen molar-refractivity contribution < 1.29 is 9.47 Å². The molecule has 0 saturated heterocycles. The molecule has 1 atom stereocenters. The van der Waals surface area contributed by atoms with Crippen molar-refractivity contribution >= 4 is 0 Å². The van der Waals surface area contributed by atoms with Gasteiger partial charge in [-0.1, -0.05) is 0 Å². The van der Waals surface area contributed by atoms with Crippen LogP contribution in [-0.4, -0.2) is 31.5 Å². The van der Waals surface area contributed by atoms with Crippen LogP contribution in [0.4, 0.5) is 0 Å². The van der Waals surface area contributed by atoms with Crippen molar-refractivity contribution in [2.24, 2.45) is 5.73 Å². The van der Waals surface area contributed by atoms with Crippen LogP contribution >= 0.6 is 0 Å². The fourth-order valence-electron chi connectivity index (χ4n) is 0.778. The highest BCUT2D eigenvalue weighted by Gasteiger charge is 2.08. The number of ether oxygens (including phenoxy) is 2. The first-order valence-electron chi connectivity index (χ1n) is 4.89. The molecule has 0 aliphatic carbocycles. The van der Waals surface area contributed by atoms with E-state index in [1.165, 1.54) is 0 Å². The van der Waals surface area contributed by atoms with Gasteiger partial charge in [0.05, 0.1) is 18.8 Å². The standard InChI is InChI=1S/C10H23NO2/c1-9(11)5-6-12-7-8-13-10(2,3)4/h9H,5-8,11H2,1-4H3. The Morgan fingerprint density at radius 2 is 1.77 bits per heavy atom. The van der Waals surface area contributed by atoms with E-state index in [4.69, 9.17) is 15.2 Å². The van der Waals surface area contributed by atoms with Gasteiger partial charge in [0, 0.05) is 12.6 Å². The summed E-state index contributed by atoms with van der Waals surface area (Å²) in [4.78, 5) is 0. The Bertz CT molecular complexity index is 119. The maximum atomic E-state index is 5.57. The molecule has 1 unspecified atom stereocenters. The molecule has 0 fully saturated rings. The minimum atomic E-state index is -0.0650. The summed E-state index contributed by atoms with van der Waals surface area (Å²) in [6, 6.07) is 0.225. The molecule has 0 aromatic carbocycles. The van der Waals surface area contributed by atoms with Crippen molar-refractivity contribution in [2.45, 2.75) is 45.8 Å². The van der Waals surface area contributed by atoms with E-state index in [1.807, 2.05) is 27.7 Å². The van der Waals surface area contributed by atoms with Crippen LogP contribution in [0, 0.1) is 0 Å². The summed E-state index contributed by atoms with van der Waals surface area (Å²) >= 11 is 0. The molecule has 3 nitrogen and oxygen atoms in total. The molecule has 80 valence electrons. The van der Waals surface area contributed by atoms with Gasteiger partial charge in [-0.2, -0.15) is 0 Å². The van der Waals surface area contributed by atoms with Gasteiger partial charge < -0.3 is 15.2 Å². The highest BCUT2D eigenvalue weighted by molar-refractivity contribution is 4.58. The zero-order valence-corrected chi connectivity index (χ0v) is 9.30. The molecule has 0 amide bonds. The molecule has 13 heavy (non-hydrogen) atoms. The zero-order valence-electron chi connectivity index (χ0n) is 9.30. The molecule has 0 spiro atoms. The second-order valence-corrected chi connectivity index (χ2v) is 4.34. The first-order valence-corrected chi connectivity index (χ1v) is 4.89. The Balaban J connectivity index is 3.09. The Hall–Kier alpha value is -0.120. The number of hydrogen-bond acceptors (Lipinski definition) is 3. The summed E-state index contributed by atoms with van der Waals surface area (Å²) in [5, 5.41) is 0. The molecular formula is C10H23NO2. The van der Waals surface area contributed by atoms with Crippen LogP contribution in [0.5, 0.6) is 0 Å². The molecule has 0 heterocycles. The summed E-state index contributed by atoms with van der Waals surface area (Å²) < 4.78 is 10.8. The van der Waals surface area contributed by atoms with E-state index in [0.29, 0.717) is 13.2 Å². The van der Waals surface area contributed by atoms with Gasteiger partial charge in [0.1, 0.15) is 0 Å². The molecule has 0 rings (SSSR count). The van der Waals surface area contributed by atoms with Crippen LogP contribution in [0.2, 0.25) is 0 Å². The van der Waals surface area contributed by atoms with Crippen LogP contribution < -0.4 is 5.73 Å². The summed E-state index contributed by atoms with van der Waals surface area (Å²) in [6.07, 6.45) is 0.912. The van der Waals surface area contributed by atoms with Gasteiger partial charge >= 0.3 is 0 Å². The fraction of sp³-hybridized carbons (Fsp3) is 1.00. The van der Waals surface area contributed by atoms with E-state index in [9.17, 15) is 0 Å². The van der Waals surface area contributed by atoms with Crippen LogP contribution in [0.15, 0.2) is 0 Å². The van der Waals surface area contributed by atoms with Crippen LogP contribution in [-0.2, 0) is 9.47 Å². The lowest BCUT2D eigenvalue weighted by atomic mass is 10.2. The summed E-state index contributed by atoms with van der Waals surface area (Å²) in [7, 11) is 0. The second kappa shape index (κ2) is 6.35. The smallest absolute Gasteiger partial charge is 0.0707 e. The van der Waals surface area contributed by atoms with E-state index in [0.717, 1.165) is 13.0 Å². The first kappa shape index (κ1) is 12.9. The number of hydrogen-bond donors (Lipinski definition) is 1. The normalized spacial score (nSPS) is 14.5. The van der Waals surface area contributed by atoms with Gasteiger partial charge in [-0.3, -0.25) is 0 Å². The Morgan fingerprint density at radius 1 is 1.15 bits per heavy atom. The van der Waals surface area contributed by atoms with E-state index >= 15 is 0 Å². The highest BCUT2D eigenvalue weighted by atomic mass is 16.5. The van der Waals surface area contributed by atoms with Crippen molar-refractivity contribution in [3.05, 3.63) is 0 Å². The SMILES string of the molecule is CC(N)CCOCCOC(C)(C)C. The largest absolute Gasteiger partial charge is 0.379 e. The predicted molar refractivity (Wildman–Crippen MR) is 54.8 cm³/mol. The lowest BCUT2D eigenvalue weighted by Gasteiger charge is -2.19. The molecule has 0 aromatic heterocycles. The third-order valence-corrected chi connectivity index (χ3v) is 1.48. The topological polar surface area (TPSA) is 44.5 Å². The van der Waals surface area contributed by atoms with Gasteiger partial charge in [0.2, 0.25) is 0 Å².